The summed E-state index contributed by atoms with van der Waals surface area (Å²) in [6.45, 7) is 4.16. The molecule has 0 aliphatic heterocycles. The van der Waals surface area contributed by atoms with Gasteiger partial charge in [0, 0.05) is 32.5 Å². The highest BCUT2D eigenvalue weighted by Gasteiger charge is 2.29. The van der Waals surface area contributed by atoms with Crippen LogP contribution < -0.4 is 4.90 Å². The molecule has 1 fully saturated rings. The molecule has 1 saturated carbocycles. The van der Waals surface area contributed by atoms with Crippen molar-refractivity contribution in [1.82, 2.24) is 9.78 Å². The van der Waals surface area contributed by atoms with Crippen LogP contribution in [0.5, 0.6) is 5.88 Å². The third-order valence-corrected chi connectivity index (χ3v) is 6.20. The molecule has 0 amide bonds. The van der Waals surface area contributed by atoms with Crippen molar-refractivity contribution in [3.05, 3.63) is 34.5 Å². The van der Waals surface area contributed by atoms with Crippen LogP contribution in [0, 0.1) is 19.8 Å². The predicted octanol–water partition coefficient (Wildman–Crippen LogP) is 2.22. The number of aromatic hydroxyl groups is 1. The fourth-order valence-electron chi connectivity index (χ4n) is 3.52. The quantitative estimate of drug-likeness (QED) is 0.759. The molecule has 27 heavy (non-hydrogen) atoms. The zero-order valence-corrected chi connectivity index (χ0v) is 17.1. The Bertz CT molecular complexity index is 1020. The van der Waals surface area contributed by atoms with Crippen molar-refractivity contribution >= 4 is 21.3 Å². The maximum atomic E-state index is 13.1. The van der Waals surface area contributed by atoms with E-state index < -0.39 is 9.84 Å². The van der Waals surface area contributed by atoms with E-state index >= 15 is 0 Å². The van der Waals surface area contributed by atoms with Crippen LogP contribution >= 0.6 is 0 Å². The number of aromatic nitrogens is 2. The Morgan fingerprint density at radius 1 is 1.33 bits per heavy atom. The molecule has 1 aromatic heterocycles. The van der Waals surface area contributed by atoms with Crippen molar-refractivity contribution in [2.75, 3.05) is 24.7 Å². The number of carbonyl (C=O) groups is 1. The Kier molecular flexibility index (Phi) is 4.80. The van der Waals surface area contributed by atoms with E-state index in [2.05, 4.69) is 5.10 Å². The number of carbonyl (C=O) groups excluding carboxylic acids is 1. The van der Waals surface area contributed by atoms with E-state index in [9.17, 15) is 18.3 Å². The van der Waals surface area contributed by atoms with Crippen molar-refractivity contribution in [3.63, 3.8) is 0 Å². The van der Waals surface area contributed by atoms with E-state index in [1.807, 2.05) is 11.9 Å². The van der Waals surface area contributed by atoms with Crippen LogP contribution in [0.1, 0.15) is 40.0 Å². The van der Waals surface area contributed by atoms with Crippen LogP contribution in [0.4, 0.5) is 5.69 Å². The normalized spacial score (nSPS) is 14.4. The Balaban J connectivity index is 2.15. The highest BCUT2D eigenvalue weighted by molar-refractivity contribution is 7.90. The van der Waals surface area contributed by atoms with Gasteiger partial charge in [-0.05, 0) is 50.3 Å². The minimum Gasteiger partial charge on any atom is -0.493 e. The number of nitrogens with zero attached hydrogens (tertiary/aromatic N) is 3. The molecule has 8 heteroatoms. The van der Waals surface area contributed by atoms with Gasteiger partial charge in [0.15, 0.2) is 9.84 Å². The summed E-state index contributed by atoms with van der Waals surface area (Å²) in [5.41, 5.74) is 2.08. The van der Waals surface area contributed by atoms with Crippen LogP contribution in [0.2, 0.25) is 0 Å². The number of anilines is 1. The van der Waals surface area contributed by atoms with Crippen molar-refractivity contribution in [1.29, 1.82) is 0 Å². The van der Waals surface area contributed by atoms with Crippen LogP contribution in [-0.4, -0.2) is 48.9 Å². The smallest absolute Gasteiger partial charge is 0.220 e. The SMILES string of the molecule is Cc1nn(C)c(O)c1C(=O)c1ccc(S(C)(=O)=O)c(N(C)CC2CC2)c1C. The van der Waals surface area contributed by atoms with Crippen LogP contribution in [-0.2, 0) is 16.9 Å². The molecule has 1 aliphatic carbocycles. The van der Waals surface area contributed by atoms with Gasteiger partial charge >= 0.3 is 0 Å². The van der Waals surface area contributed by atoms with Gasteiger partial charge in [-0.3, -0.25) is 4.79 Å². The molecule has 0 unspecified atom stereocenters. The lowest BCUT2D eigenvalue weighted by Crippen LogP contribution is -2.24. The lowest BCUT2D eigenvalue weighted by atomic mass is 9.97. The molecule has 0 saturated heterocycles. The van der Waals surface area contributed by atoms with Gasteiger partial charge < -0.3 is 10.0 Å². The molecule has 1 aliphatic rings. The largest absolute Gasteiger partial charge is 0.493 e. The monoisotopic (exact) mass is 391 g/mol. The summed E-state index contributed by atoms with van der Waals surface area (Å²) in [6.07, 6.45) is 3.45. The third-order valence-electron chi connectivity index (χ3n) is 5.07. The molecule has 3 rings (SSSR count). The number of benzene rings is 1. The second-order valence-corrected chi connectivity index (χ2v) is 9.40. The van der Waals surface area contributed by atoms with E-state index in [1.165, 1.54) is 23.1 Å². The summed E-state index contributed by atoms with van der Waals surface area (Å²) in [5, 5.41) is 14.3. The van der Waals surface area contributed by atoms with E-state index in [-0.39, 0.29) is 22.1 Å². The molecule has 1 N–H and O–H groups in total. The molecular formula is C19H25N3O4S. The summed E-state index contributed by atoms with van der Waals surface area (Å²) < 4.78 is 25.9. The number of rotatable bonds is 6. The Labute approximate surface area is 159 Å². The molecular weight excluding hydrogens is 366 g/mol. The summed E-state index contributed by atoms with van der Waals surface area (Å²) >= 11 is 0. The van der Waals surface area contributed by atoms with E-state index in [0.29, 0.717) is 28.4 Å². The first-order valence-corrected chi connectivity index (χ1v) is 10.7. The second kappa shape index (κ2) is 6.67. The van der Waals surface area contributed by atoms with Crippen molar-refractivity contribution < 1.29 is 18.3 Å². The van der Waals surface area contributed by atoms with Gasteiger partial charge in [0.1, 0.15) is 5.56 Å². The number of hydrogen-bond acceptors (Lipinski definition) is 6. The number of sulfone groups is 1. The second-order valence-electron chi connectivity index (χ2n) is 7.42. The molecule has 1 aromatic carbocycles. The Morgan fingerprint density at radius 2 is 1.96 bits per heavy atom. The van der Waals surface area contributed by atoms with E-state index in [1.54, 1.807) is 20.9 Å². The first-order valence-electron chi connectivity index (χ1n) is 8.84. The fourth-order valence-corrected chi connectivity index (χ4v) is 4.50. The zero-order valence-electron chi connectivity index (χ0n) is 16.3. The van der Waals surface area contributed by atoms with Gasteiger partial charge in [-0.15, -0.1) is 0 Å². The summed E-state index contributed by atoms with van der Waals surface area (Å²) in [7, 11) is -0.0339. The molecule has 0 radical (unpaired) electrons. The molecule has 1 heterocycles. The summed E-state index contributed by atoms with van der Waals surface area (Å²) in [6, 6.07) is 3.01. The Hall–Kier alpha value is -2.35. The fraction of sp³-hybridized carbons (Fsp3) is 0.474. The van der Waals surface area contributed by atoms with Gasteiger partial charge in [-0.1, -0.05) is 0 Å². The van der Waals surface area contributed by atoms with Gasteiger partial charge in [-0.25, -0.2) is 13.1 Å². The number of aryl methyl sites for hydroxylation is 2. The number of hydrogen-bond donors (Lipinski definition) is 1. The predicted molar refractivity (Wildman–Crippen MR) is 103 cm³/mol. The first-order chi connectivity index (χ1) is 12.5. The van der Waals surface area contributed by atoms with Gasteiger partial charge in [0.05, 0.1) is 16.3 Å². The van der Waals surface area contributed by atoms with Crippen molar-refractivity contribution in [2.45, 2.75) is 31.6 Å². The zero-order chi connectivity index (χ0) is 20.1. The van der Waals surface area contributed by atoms with E-state index in [4.69, 9.17) is 0 Å². The van der Waals surface area contributed by atoms with E-state index in [0.717, 1.165) is 19.4 Å². The molecule has 0 atom stereocenters. The molecule has 0 spiro atoms. The average molecular weight is 391 g/mol. The Morgan fingerprint density at radius 3 is 2.44 bits per heavy atom. The maximum Gasteiger partial charge on any atom is 0.220 e. The minimum atomic E-state index is -3.45. The van der Waals surface area contributed by atoms with Crippen LogP contribution in [0.3, 0.4) is 0 Å². The van der Waals surface area contributed by atoms with Gasteiger partial charge in [0.2, 0.25) is 11.7 Å². The molecule has 7 nitrogen and oxygen atoms in total. The van der Waals surface area contributed by atoms with Crippen LogP contribution in [0.15, 0.2) is 17.0 Å². The standard InChI is InChI=1S/C19H25N3O4S/c1-11-14(18(23)16-12(2)20-22(4)19(16)24)8-9-15(27(5,25)26)17(11)21(3)10-13-6-7-13/h8-9,13,24H,6-7,10H2,1-5H3. The van der Waals surface area contributed by atoms with Crippen molar-refractivity contribution in [3.8, 4) is 5.88 Å². The third kappa shape index (κ3) is 3.58. The summed E-state index contributed by atoms with van der Waals surface area (Å²) in [4.78, 5) is 15.3. The first kappa shape index (κ1) is 19.4. The highest BCUT2D eigenvalue weighted by atomic mass is 32.2. The summed E-state index contributed by atoms with van der Waals surface area (Å²) in [5.74, 6) is -0.000484. The lowest BCUT2D eigenvalue weighted by Gasteiger charge is -2.25. The number of ketones is 1. The maximum absolute atomic E-state index is 13.1. The van der Waals surface area contributed by atoms with Gasteiger partial charge in [0.25, 0.3) is 0 Å². The molecule has 2 aromatic rings. The highest BCUT2D eigenvalue weighted by Crippen LogP contribution is 2.37. The molecule has 146 valence electrons. The lowest BCUT2D eigenvalue weighted by molar-refractivity contribution is 0.103. The topological polar surface area (TPSA) is 92.5 Å². The molecule has 0 bridgehead atoms. The minimum absolute atomic E-state index is 0.142. The van der Waals surface area contributed by atoms with Gasteiger partial charge in [-0.2, -0.15) is 5.10 Å². The van der Waals surface area contributed by atoms with Crippen molar-refractivity contribution in [2.24, 2.45) is 13.0 Å². The van der Waals surface area contributed by atoms with Crippen LogP contribution in [0.25, 0.3) is 0 Å². The average Bonchev–Trinajstić information content (AvgIpc) is 3.32.